The first-order valence-corrected chi connectivity index (χ1v) is 10.6. The van der Waals surface area contributed by atoms with Crippen LogP contribution in [0.2, 0.25) is 0 Å². The minimum Gasteiger partial charge on any atom is -0.459 e. The smallest absolute Gasteiger partial charge is 0.313 e. The second-order valence-corrected chi connectivity index (χ2v) is 8.12. The molecule has 1 amide bonds. The Labute approximate surface area is 178 Å². The fourth-order valence-electron chi connectivity index (χ4n) is 3.26. The molecule has 4 atom stereocenters. The largest absolute Gasteiger partial charge is 0.459 e. The minimum absolute atomic E-state index is 0.0154. The molecule has 10 heteroatoms. The molecule has 2 rings (SSSR count). The van der Waals surface area contributed by atoms with Crippen molar-refractivity contribution < 1.29 is 33.9 Å². The van der Waals surface area contributed by atoms with Gasteiger partial charge < -0.3 is 20.0 Å². The van der Waals surface area contributed by atoms with Crippen LogP contribution in [0.5, 0.6) is 0 Å². The summed E-state index contributed by atoms with van der Waals surface area (Å²) in [7, 11) is 0. The van der Waals surface area contributed by atoms with Crippen LogP contribution in [-0.2, 0) is 23.9 Å². The van der Waals surface area contributed by atoms with Gasteiger partial charge in [0.1, 0.15) is 6.10 Å². The summed E-state index contributed by atoms with van der Waals surface area (Å²) in [5.41, 5.74) is 2.72. The Morgan fingerprint density at radius 2 is 1.87 bits per heavy atom. The fourth-order valence-corrected chi connectivity index (χ4v) is 4.83. The van der Waals surface area contributed by atoms with Crippen molar-refractivity contribution in [2.75, 3.05) is 5.75 Å². The lowest BCUT2D eigenvalue weighted by Crippen LogP contribution is -2.51. The molecule has 9 nitrogen and oxygen atoms in total. The van der Waals surface area contributed by atoms with E-state index in [1.54, 1.807) is 24.3 Å². The third-order valence-electron chi connectivity index (χ3n) is 4.56. The Hall–Kier alpha value is -2.43. The Kier molecular flexibility index (Phi) is 9.28. The van der Waals surface area contributed by atoms with Crippen LogP contribution in [0, 0.1) is 0 Å². The second-order valence-electron chi connectivity index (χ2n) is 6.91. The van der Waals surface area contributed by atoms with Gasteiger partial charge in [-0.1, -0.05) is 18.2 Å². The standard InChI is InChI=1S/C20H26N2O7S/c1-12(23)28-17(25)10-6-9-15(22-27)19-18(29-13(2)24)16(11-30-19)21-20(26)14-7-4-3-5-8-14/h3-5,7-8,15-16,18-19,22,27H,6,9-11H2,1-2H3,(H,21,26)/t15-,16-,18-,19+/m1/s1. The maximum atomic E-state index is 12.5. The van der Waals surface area contributed by atoms with Crippen molar-refractivity contribution in [1.29, 1.82) is 0 Å². The molecular formula is C20H26N2O7S. The molecule has 3 N–H and O–H groups in total. The summed E-state index contributed by atoms with van der Waals surface area (Å²) in [6.45, 7) is 2.44. The summed E-state index contributed by atoms with van der Waals surface area (Å²) < 4.78 is 9.96. The van der Waals surface area contributed by atoms with Gasteiger partial charge in [-0.3, -0.25) is 19.2 Å². The molecule has 1 saturated heterocycles. The average Bonchev–Trinajstić information content (AvgIpc) is 3.06. The molecule has 1 aliphatic heterocycles. The van der Waals surface area contributed by atoms with E-state index in [1.165, 1.54) is 18.7 Å². The molecule has 0 aliphatic carbocycles. The van der Waals surface area contributed by atoms with Crippen LogP contribution in [0.4, 0.5) is 0 Å². The topological polar surface area (TPSA) is 131 Å². The SMILES string of the molecule is CC(=O)OC(=O)CCC[C@@H](NO)[C@@H]1SC[C@@H](NC(=O)c2ccccc2)[C@H]1OC(C)=O. The van der Waals surface area contributed by atoms with Gasteiger partial charge in [-0.15, -0.1) is 0 Å². The van der Waals surface area contributed by atoms with E-state index >= 15 is 0 Å². The van der Waals surface area contributed by atoms with Gasteiger partial charge in [-0.25, -0.2) is 5.48 Å². The van der Waals surface area contributed by atoms with Crippen LogP contribution in [0.15, 0.2) is 30.3 Å². The summed E-state index contributed by atoms with van der Waals surface area (Å²) in [5.74, 6) is -1.59. The molecule has 1 heterocycles. The first-order valence-electron chi connectivity index (χ1n) is 9.57. The molecule has 1 aromatic carbocycles. The van der Waals surface area contributed by atoms with Crippen molar-refractivity contribution in [3.63, 3.8) is 0 Å². The second kappa shape index (κ2) is 11.7. The average molecular weight is 439 g/mol. The van der Waals surface area contributed by atoms with Gasteiger partial charge >= 0.3 is 17.9 Å². The monoisotopic (exact) mass is 438 g/mol. The van der Waals surface area contributed by atoms with Crippen LogP contribution in [-0.4, -0.2) is 58.2 Å². The Balaban J connectivity index is 2.00. The highest BCUT2D eigenvalue weighted by Crippen LogP contribution is 2.34. The lowest BCUT2D eigenvalue weighted by Gasteiger charge is -2.29. The number of ether oxygens (including phenoxy) is 2. The fraction of sp³-hybridized carbons (Fsp3) is 0.500. The number of hydrogen-bond donors (Lipinski definition) is 3. The molecular weight excluding hydrogens is 412 g/mol. The molecule has 0 saturated carbocycles. The van der Waals surface area contributed by atoms with E-state index in [2.05, 4.69) is 15.5 Å². The molecule has 1 fully saturated rings. The van der Waals surface area contributed by atoms with Crippen LogP contribution < -0.4 is 10.8 Å². The maximum absolute atomic E-state index is 12.5. The summed E-state index contributed by atoms with van der Waals surface area (Å²) in [6.07, 6.45) is 0.0868. The van der Waals surface area contributed by atoms with E-state index in [4.69, 9.17) is 4.74 Å². The van der Waals surface area contributed by atoms with Gasteiger partial charge in [0.15, 0.2) is 0 Å². The van der Waals surface area contributed by atoms with E-state index in [0.717, 1.165) is 6.92 Å². The number of nitrogens with one attached hydrogen (secondary N) is 2. The number of hydrogen-bond acceptors (Lipinski definition) is 9. The molecule has 164 valence electrons. The van der Waals surface area contributed by atoms with Gasteiger partial charge in [0.25, 0.3) is 5.91 Å². The van der Waals surface area contributed by atoms with E-state index in [0.29, 0.717) is 24.2 Å². The zero-order valence-electron chi connectivity index (χ0n) is 16.8. The predicted molar refractivity (Wildman–Crippen MR) is 109 cm³/mol. The van der Waals surface area contributed by atoms with Crippen molar-refractivity contribution in [2.45, 2.75) is 56.5 Å². The van der Waals surface area contributed by atoms with Crippen molar-refractivity contribution in [1.82, 2.24) is 10.8 Å². The van der Waals surface area contributed by atoms with Gasteiger partial charge in [0.05, 0.1) is 11.3 Å². The zero-order valence-corrected chi connectivity index (χ0v) is 17.6. The Morgan fingerprint density at radius 3 is 2.47 bits per heavy atom. The van der Waals surface area contributed by atoms with Crippen molar-refractivity contribution in [2.24, 2.45) is 0 Å². The molecule has 0 unspecified atom stereocenters. The normalized spacial score (nSPS) is 21.5. The Bertz CT molecular complexity index is 759. The molecule has 0 bridgehead atoms. The minimum atomic E-state index is -0.671. The van der Waals surface area contributed by atoms with Gasteiger partial charge in [0.2, 0.25) is 0 Å². The summed E-state index contributed by atoms with van der Waals surface area (Å²) in [4.78, 5) is 46.5. The van der Waals surface area contributed by atoms with Crippen molar-refractivity contribution in [3.8, 4) is 0 Å². The van der Waals surface area contributed by atoms with E-state index < -0.39 is 36.1 Å². The highest BCUT2D eigenvalue weighted by molar-refractivity contribution is 8.00. The third kappa shape index (κ3) is 7.12. The first-order chi connectivity index (χ1) is 14.3. The van der Waals surface area contributed by atoms with Crippen LogP contribution in [0.25, 0.3) is 0 Å². The van der Waals surface area contributed by atoms with Crippen LogP contribution in [0.1, 0.15) is 43.5 Å². The lowest BCUT2D eigenvalue weighted by atomic mass is 9.99. The predicted octanol–water partition coefficient (Wildman–Crippen LogP) is 1.44. The summed E-state index contributed by atoms with van der Waals surface area (Å²) in [6, 6.07) is 7.77. The molecule has 1 aromatic rings. The first kappa shape index (κ1) is 23.8. The quantitative estimate of drug-likeness (QED) is 0.298. The van der Waals surface area contributed by atoms with E-state index in [-0.39, 0.29) is 17.6 Å². The molecule has 30 heavy (non-hydrogen) atoms. The van der Waals surface area contributed by atoms with Gasteiger partial charge in [0, 0.05) is 37.6 Å². The summed E-state index contributed by atoms with van der Waals surface area (Å²) in [5, 5.41) is 12.2. The number of rotatable bonds is 9. The number of carbonyl (C=O) groups is 4. The highest BCUT2D eigenvalue weighted by atomic mass is 32.2. The number of benzene rings is 1. The maximum Gasteiger partial charge on any atom is 0.313 e. The lowest BCUT2D eigenvalue weighted by molar-refractivity contribution is -0.158. The third-order valence-corrected chi connectivity index (χ3v) is 6.09. The molecule has 1 aliphatic rings. The summed E-state index contributed by atoms with van der Waals surface area (Å²) >= 11 is 1.46. The molecule has 0 aromatic heterocycles. The van der Waals surface area contributed by atoms with Crippen molar-refractivity contribution in [3.05, 3.63) is 35.9 Å². The number of hydroxylamine groups is 1. The van der Waals surface area contributed by atoms with Crippen molar-refractivity contribution >= 4 is 35.6 Å². The van der Waals surface area contributed by atoms with Gasteiger partial charge in [-0.2, -0.15) is 11.8 Å². The van der Waals surface area contributed by atoms with Crippen LogP contribution in [0.3, 0.4) is 0 Å². The zero-order chi connectivity index (χ0) is 22.1. The van der Waals surface area contributed by atoms with Crippen LogP contribution >= 0.6 is 11.8 Å². The number of esters is 3. The number of carbonyl (C=O) groups excluding carboxylic acids is 4. The molecule has 0 radical (unpaired) electrons. The highest BCUT2D eigenvalue weighted by Gasteiger charge is 2.44. The number of amides is 1. The number of thioether (sulfide) groups is 1. The molecule has 0 spiro atoms. The Morgan fingerprint density at radius 1 is 1.17 bits per heavy atom. The van der Waals surface area contributed by atoms with E-state index in [9.17, 15) is 24.4 Å². The van der Waals surface area contributed by atoms with Gasteiger partial charge in [-0.05, 0) is 25.0 Å². The van der Waals surface area contributed by atoms with E-state index in [1.807, 2.05) is 6.07 Å².